The molecule has 1 aliphatic heterocycles. The zero-order valence-electron chi connectivity index (χ0n) is 13.1. The lowest BCUT2D eigenvalue weighted by Gasteiger charge is -2.47. The highest BCUT2D eigenvalue weighted by atomic mass is 35.5. The Bertz CT molecular complexity index is 647. The molecule has 0 atom stereocenters. The molecular weight excluding hydrogens is 286 g/mol. The van der Waals surface area contributed by atoms with Crippen LogP contribution in [0.15, 0.2) is 24.4 Å². The molecule has 0 spiro atoms. The van der Waals surface area contributed by atoms with Crippen molar-refractivity contribution in [2.75, 3.05) is 18.0 Å². The first-order chi connectivity index (χ1) is 9.81. The second-order valence-electron chi connectivity index (χ2n) is 6.92. The van der Waals surface area contributed by atoms with Crippen molar-refractivity contribution in [2.45, 2.75) is 44.8 Å². The molecule has 0 radical (unpaired) electrons. The van der Waals surface area contributed by atoms with Crippen molar-refractivity contribution >= 4 is 23.1 Å². The van der Waals surface area contributed by atoms with Crippen molar-refractivity contribution in [3.8, 4) is 0 Å². The Morgan fingerprint density at radius 3 is 2.48 bits per heavy atom. The molecule has 0 saturated carbocycles. The maximum absolute atomic E-state index is 6.20. The van der Waals surface area contributed by atoms with Crippen LogP contribution in [0.2, 0.25) is 0 Å². The van der Waals surface area contributed by atoms with E-state index in [9.17, 15) is 0 Å². The van der Waals surface area contributed by atoms with E-state index in [4.69, 9.17) is 21.3 Å². The number of hydrogen-bond donors (Lipinski definition) is 0. The number of alkyl halides is 1. The molecule has 1 saturated heterocycles. The highest BCUT2D eigenvalue weighted by Crippen LogP contribution is 2.33. The Balaban J connectivity index is 2.07. The van der Waals surface area contributed by atoms with Crippen LogP contribution >= 0.6 is 11.6 Å². The van der Waals surface area contributed by atoms with E-state index < -0.39 is 0 Å². The predicted octanol–water partition coefficient (Wildman–Crippen LogP) is 3.47. The van der Waals surface area contributed by atoms with Crippen LogP contribution in [0.3, 0.4) is 0 Å². The van der Waals surface area contributed by atoms with Gasteiger partial charge in [-0.2, -0.15) is 0 Å². The number of ether oxygens (including phenoxy) is 1. The fraction of sp³-hybridized carbons (Fsp3) is 0.562. The van der Waals surface area contributed by atoms with E-state index >= 15 is 0 Å². The molecule has 114 valence electrons. The third-order valence-corrected chi connectivity index (χ3v) is 3.98. The van der Waals surface area contributed by atoms with E-state index in [2.05, 4.69) is 37.0 Å². The minimum absolute atomic E-state index is 0.207. The van der Waals surface area contributed by atoms with Crippen LogP contribution < -0.4 is 4.90 Å². The van der Waals surface area contributed by atoms with Crippen LogP contribution in [0.4, 0.5) is 5.82 Å². The highest BCUT2D eigenvalue weighted by molar-refractivity contribution is 6.17. The van der Waals surface area contributed by atoms with Crippen molar-refractivity contribution in [1.82, 2.24) is 9.38 Å². The molecule has 0 amide bonds. The monoisotopic (exact) mass is 307 g/mol. The first-order valence-electron chi connectivity index (χ1n) is 7.28. The zero-order chi connectivity index (χ0) is 15.3. The molecule has 5 heteroatoms. The maximum atomic E-state index is 6.20. The number of imidazole rings is 1. The van der Waals surface area contributed by atoms with Crippen LogP contribution in [-0.2, 0) is 10.6 Å². The zero-order valence-corrected chi connectivity index (χ0v) is 13.8. The Morgan fingerprint density at radius 1 is 1.19 bits per heavy atom. The molecular formula is C16H22ClN3O. The van der Waals surface area contributed by atoms with Crippen molar-refractivity contribution in [3.05, 3.63) is 30.1 Å². The van der Waals surface area contributed by atoms with E-state index in [0.29, 0.717) is 5.88 Å². The average Bonchev–Trinajstić information content (AvgIpc) is 2.73. The van der Waals surface area contributed by atoms with E-state index in [0.717, 1.165) is 30.2 Å². The second kappa shape index (κ2) is 4.89. The first-order valence-corrected chi connectivity index (χ1v) is 7.82. The van der Waals surface area contributed by atoms with Crippen LogP contribution in [0, 0.1) is 0 Å². The molecule has 0 unspecified atom stereocenters. The number of hydrogen-bond acceptors (Lipinski definition) is 3. The van der Waals surface area contributed by atoms with Gasteiger partial charge >= 0.3 is 0 Å². The van der Waals surface area contributed by atoms with Gasteiger partial charge in [-0.05, 0) is 39.8 Å². The summed E-state index contributed by atoms with van der Waals surface area (Å²) < 4.78 is 8.22. The second-order valence-corrected chi connectivity index (χ2v) is 7.19. The van der Waals surface area contributed by atoms with Gasteiger partial charge in [0.25, 0.3) is 0 Å². The average molecular weight is 308 g/mol. The number of nitrogens with zero attached hydrogens (tertiary/aromatic N) is 3. The van der Waals surface area contributed by atoms with E-state index in [1.165, 1.54) is 0 Å². The van der Waals surface area contributed by atoms with Crippen LogP contribution in [0.25, 0.3) is 5.65 Å². The summed E-state index contributed by atoms with van der Waals surface area (Å²) in [6.07, 6.45) is 2.01. The van der Waals surface area contributed by atoms with Gasteiger partial charge in [-0.3, -0.25) is 0 Å². The molecule has 4 nitrogen and oxygen atoms in total. The van der Waals surface area contributed by atoms with Gasteiger partial charge < -0.3 is 14.0 Å². The normalized spacial score (nSPS) is 20.9. The smallest absolute Gasteiger partial charge is 0.152 e. The van der Waals surface area contributed by atoms with Gasteiger partial charge in [0.2, 0.25) is 0 Å². The van der Waals surface area contributed by atoms with Crippen molar-refractivity contribution in [3.63, 3.8) is 0 Å². The minimum atomic E-state index is -0.207. The van der Waals surface area contributed by atoms with Crippen LogP contribution in [-0.4, -0.2) is 33.7 Å². The number of morpholine rings is 1. The first kappa shape index (κ1) is 14.7. The number of anilines is 1. The summed E-state index contributed by atoms with van der Waals surface area (Å²) in [7, 11) is 0. The largest absolute Gasteiger partial charge is 0.366 e. The SMILES string of the molecule is CC1(C)CN(c2nc3ccccn3c2CCl)CC(C)(C)O1. The summed E-state index contributed by atoms with van der Waals surface area (Å²) in [6.45, 7) is 10.1. The third-order valence-electron chi connectivity index (χ3n) is 3.73. The summed E-state index contributed by atoms with van der Waals surface area (Å²) in [5.41, 5.74) is 1.56. The van der Waals surface area contributed by atoms with Gasteiger partial charge in [-0.1, -0.05) is 6.07 Å². The lowest BCUT2D eigenvalue weighted by Crippen LogP contribution is -2.57. The molecule has 1 fully saturated rings. The molecule has 21 heavy (non-hydrogen) atoms. The van der Waals surface area contributed by atoms with Gasteiger partial charge in [-0.25, -0.2) is 4.98 Å². The van der Waals surface area contributed by atoms with Crippen LogP contribution in [0.1, 0.15) is 33.4 Å². The Kier molecular flexibility index (Phi) is 3.41. The van der Waals surface area contributed by atoms with Crippen molar-refractivity contribution in [2.24, 2.45) is 0 Å². The van der Waals surface area contributed by atoms with Gasteiger partial charge in [0.1, 0.15) is 5.65 Å². The lowest BCUT2D eigenvalue weighted by atomic mass is 9.99. The minimum Gasteiger partial charge on any atom is -0.366 e. The standard InChI is InChI=1S/C16H22ClN3O/c1-15(2)10-19(11-16(3,4)21-15)14-12(9-17)20-8-6-5-7-13(20)18-14/h5-8H,9-11H2,1-4H3. The Hall–Kier alpha value is -1.26. The lowest BCUT2D eigenvalue weighted by molar-refractivity contribution is -0.133. The van der Waals surface area contributed by atoms with Gasteiger partial charge in [0.05, 0.1) is 22.8 Å². The molecule has 1 aliphatic rings. The third kappa shape index (κ3) is 2.74. The predicted molar refractivity (Wildman–Crippen MR) is 86.2 cm³/mol. The number of fused-ring (bicyclic) bond motifs is 1. The fourth-order valence-electron chi connectivity index (χ4n) is 3.35. The van der Waals surface area contributed by atoms with E-state index in [-0.39, 0.29) is 11.2 Å². The number of rotatable bonds is 2. The molecule has 2 aromatic rings. The molecule has 0 bridgehead atoms. The summed E-state index contributed by atoms with van der Waals surface area (Å²) in [5, 5.41) is 0. The topological polar surface area (TPSA) is 29.8 Å². The van der Waals surface area contributed by atoms with E-state index in [1.54, 1.807) is 0 Å². The Labute approximate surface area is 130 Å². The number of pyridine rings is 1. The van der Waals surface area contributed by atoms with Crippen LogP contribution in [0.5, 0.6) is 0 Å². The summed E-state index contributed by atoms with van der Waals surface area (Å²) in [5.74, 6) is 1.42. The summed E-state index contributed by atoms with van der Waals surface area (Å²) in [4.78, 5) is 7.09. The number of halogens is 1. The summed E-state index contributed by atoms with van der Waals surface area (Å²) >= 11 is 6.20. The molecule has 2 aromatic heterocycles. The summed E-state index contributed by atoms with van der Waals surface area (Å²) in [6, 6.07) is 6.01. The van der Waals surface area contributed by atoms with Gasteiger partial charge in [0, 0.05) is 19.3 Å². The molecule has 0 N–H and O–H groups in total. The van der Waals surface area contributed by atoms with E-state index in [1.807, 2.05) is 24.4 Å². The quantitative estimate of drug-likeness (QED) is 0.796. The van der Waals surface area contributed by atoms with Crippen molar-refractivity contribution < 1.29 is 4.74 Å². The highest BCUT2D eigenvalue weighted by Gasteiger charge is 2.39. The van der Waals surface area contributed by atoms with Gasteiger partial charge in [-0.15, -0.1) is 11.6 Å². The van der Waals surface area contributed by atoms with Crippen molar-refractivity contribution in [1.29, 1.82) is 0 Å². The number of aromatic nitrogens is 2. The Morgan fingerprint density at radius 2 is 1.86 bits per heavy atom. The van der Waals surface area contributed by atoms with Gasteiger partial charge in [0.15, 0.2) is 5.82 Å². The molecule has 0 aromatic carbocycles. The molecule has 0 aliphatic carbocycles. The maximum Gasteiger partial charge on any atom is 0.152 e. The molecule has 3 heterocycles. The fourth-order valence-corrected chi connectivity index (χ4v) is 3.60. The molecule has 3 rings (SSSR count).